The Morgan fingerprint density at radius 1 is 1.07 bits per heavy atom. The molecule has 8 nitrogen and oxygen atoms in total. The normalized spacial score (nSPS) is 13.6. The number of benzene rings is 2. The van der Waals surface area contributed by atoms with E-state index in [-0.39, 0.29) is 4.90 Å². The molecule has 2 N–H and O–H groups in total. The lowest BCUT2D eigenvalue weighted by atomic mass is 10.0. The van der Waals surface area contributed by atoms with Crippen molar-refractivity contribution in [2.75, 3.05) is 29.4 Å². The predicted octanol–water partition coefficient (Wildman–Crippen LogP) is 1.87. The molecule has 28 heavy (non-hydrogen) atoms. The number of carboxylic acid groups (broad SMARTS) is 1. The van der Waals surface area contributed by atoms with Crippen molar-refractivity contribution in [2.24, 2.45) is 0 Å². The summed E-state index contributed by atoms with van der Waals surface area (Å²) in [5, 5.41) is 11.0. The molecule has 0 unspecified atom stereocenters. The lowest BCUT2D eigenvalue weighted by Crippen LogP contribution is -2.35. The minimum atomic E-state index is -3.71. The first-order valence-corrected chi connectivity index (χ1v) is 10.1. The second-order valence-electron chi connectivity index (χ2n) is 6.27. The highest BCUT2D eigenvalue weighted by Gasteiger charge is 2.28. The van der Waals surface area contributed by atoms with E-state index in [1.54, 1.807) is 6.07 Å². The van der Waals surface area contributed by atoms with Gasteiger partial charge in [0.15, 0.2) is 0 Å². The zero-order valence-electron chi connectivity index (χ0n) is 15.0. The molecule has 1 aliphatic rings. The van der Waals surface area contributed by atoms with Gasteiger partial charge in [0.1, 0.15) is 13.2 Å². The van der Waals surface area contributed by atoms with Gasteiger partial charge in [-0.3, -0.25) is 9.10 Å². The maximum atomic E-state index is 13.1. The van der Waals surface area contributed by atoms with E-state index in [0.29, 0.717) is 17.9 Å². The second kappa shape index (κ2) is 8.41. The number of anilines is 2. The van der Waals surface area contributed by atoms with E-state index in [4.69, 9.17) is 9.84 Å². The Bertz CT molecular complexity index is 972. The van der Waals surface area contributed by atoms with Crippen molar-refractivity contribution in [3.8, 4) is 0 Å². The molecule has 3 rings (SSSR count). The summed E-state index contributed by atoms with van der Waals surface area (Å²) in [6, 6.07) is 13.3. The third-order valence-corrected chi connectivity index (χ3v) is 6.08. The smallest absolute Gasteiger partial charge is 0.329 e. The summed E-state index contributed by atoms with van der Waals surface area (Å²) in [5.74, 6) is -1.69. The van der Waals surface area contributed by atoms with E-state index >= 15 is 0 Å². The van der Waals surface area contributed by atoms with Gasteiger partial charge >= 0.3 is 5.97 Å². The van der Waals surface area contributed by atoms with Crippen LogP contribution in [0.5, 0.6) is 0 Å². The van der Waals surface area contributed by atoms with Crippen LogP contribution >= 0.6 is 0 Å². The molecule has 0 radical (unpaired) electrons. The van der Waals surface area contributed by atoms with Gasteiger partial charge in [-0.05, 0) is 48.7 Å². The number of nitrogens with zero attached hydrogens (tertiary/aromatic N) is 1. The van der Waals surface area contributed by atoms with Crippen LogP contribution in [0.1, 0.15) is 12.0 Å². The fourth-order valence-corrected chi connectivity index (χ4v) is 4.56. The van der Waals surface area contributed by atoms with E-state index < -0.39 is 35.1 Å². The standard InChI is InChI=1S/C19H20N2O6S/c22-18(12-27-13-19(23)24)20-15-7-9-16(10-8-15)28(25,26)21-11-3-5-14-4-1-2-6-17(14)21/h1-2,4,6-10H,3,5,11-13H2,(H,20,22)(H,23,24). The van der Waals surface area contributed by atoms with E-state index in [1.807, 2.05) is 18.2 Å². The van der Waals surface area contributed by atoms with Gasteiger partial charge in [0, 0.05) is 12.2 Å². The van der Waals surface area contributed by atoms with E-state index in [0.717, 1.165) is 18.4 Å². The molecular formula is C19H20N2O6S. The number of nitrogens with one attached hydrogen (secondary N) is 1. The number of sulfonamides is 1. The number of carbonyl (C=O) groups excluding carboxylic acids is 1. The average molecular weight is 404 g/mol. The van der Waals surface area contributed by atoms with Crippen LogP contribution < -0.4 is 9.62 Å². The molecule has 0 saturated carbocycles. The summed E-state index contributed by atoms with van der Waals surface area (Å²) in [6.07, 6.45) is 1.60. The number of ether oxygens (including phenoxy) is 1. The summed E-state index contributed by atoms with van der Waals surface area (Å²) in [4.78, 5) is 22.2. The van der Waals surface area contributed by atoms with Gasteiger partial charge in [-0.15, -0.1) is 0 Å². The molecular weight excluding hydrogens is 384 g/mol. The van der Waals surface area contributed by atoms with E-state index in [1.165, 1.54) is 28.6 Å². The van der Waals surface area contributed by atoms with Crippen molar-refractivity contribution in [1.82, 2.24) is 0 Å². The minimum Gasteiger partial charge on any atom is -0.480 e. The van der Waals surface area contributed by atoms with Crippen molar-refractivity contribution in [2.45, 2.75) is 17.7 Å². The van der Waals surface area contributed by atoms with Gasteiger partial charge in [0.25, 0.3) is 10.0 Å². The highest BCUT2D eigenvalue weighted by molar-refractivity contribution is 7.92. The summed E-state index contributed by atoms with van der Waals surface area (Å²) < 4.78 is 32.2. The average Bonchev–Trinajstić information content (AvgIpc) is 2.67. The van der Waals surface area contributed by atoms with Crippen LogP contribution in [0.4, 0.5) is 11.4 Å². The van der Waals surface area contributed by atoms with Crippen LogP contribution in [0, 0.1) is 0 Å². The number of amides is 1. The van der Waals surface area contributed by atoms with Gasteiger partial charge in [-0.25, -0.2) is 13.2 Å². The highest BCUT2D eigenvalue weighted by atomic mass is 32.2. The molecule has 1 amide bonds. The summed E-state index contributed by atoms with van der Waals surface area (Å²) in [7, 11) is -3.71. The Hall–Kier alpha value is -2.91. The number of para-hydroxylation sites is 1. The van der Waals surface area contributed by atoms with Crippen molar-refractivity contribution in [3.05, 3.63) is 54.1 Å². The monoisotopic (exact) mass is 404 g/mol. The van der Waals surface area contributed by atoms with E-state index in [9.17, 15) is 18.0 Å². The fourth-order valence-electron chi connectivity index (χ4n) is 3.01. The molecule has 0 aromatic heterocycles. The summed E-state index contributed by atoms with van der Waals surface area (Å²) >= 11 is 0. The molecule has 2 aromatic carbocycles. The van der Waals surface area contributed by atoms with Crippen LogP contribution in [0.15, 0.2) is 53.4 Å². The molecule has 1 heterocycles. The molecule has 0 spiro atoms. The third kappa shape index (κ3) is 4.49. The summed E-state index contributed by atoms with van der Waals surface area (Å²) in [5.41, 5.74) is 2.09. The SMILES string of the molecule is O=C(O)COCC(=O)Nc1ccc(S(=O)(=O)N2CCCc3ccccc32)cc1. The predicted molar refractivity (Wildman–Crippen MR) is 103 cm³/mol. The largest absolute Gasteiger partial charge is 0.480 e. The quantitative estimate of drug-likeness (QED) is 0.728. The van der Waals surface area contributed by atoms with Crippen molar-refractivity contribution in [3.63, 3.8) is 0 Å². The zero-order chi connectivity index (χ0) is 20.1. The number of fused-ring (bicyclic) bond motifs is 1. The fraction of sp³-hybridized carbons (Fsp3) is 0.263. The minimum absolute atomic E-state index is 0.129. The molecule has 0 atom stereocenters. The first kappa shape index (κ1) is 19.8. The van der Waals surface area contributed by atoms with Crippen LogP contribution in [0.3, 0.4) is 0 Å². The van der Waals surface area contributed by atoms with Gasteiger partial charge in [-0.1, -0.05) is 18.2 Å². The van der Waals surface area contributed by atoms with Crippen molar-refractivity contribution in [1.29, 1.82) is 0 Å². The lowest BCUT2D eigenvalue weighted by molar-refractivity contribution is -0.143. The first-order chi connectivity index (χ1) is 13.4. The van der Waals surface area contributed by atoms with Gasteiger partial charge in [-0.2, -0.15) is 0 Å². The first-order valence-electron chi connectivity index (χ1n) is 8.68. The van der Waals surface area contributed by atoms with Crippen LogP contribution in [0.2, 0.25) is 0 Å². The Morgan fingerprint density at radius 2 is 1.79 bits per heavy atom. The molecule has 9 heteroatoms. The Morgan fingerprint density at radius 3 is 2.50 bits per heavy atom. The maximum Gasteiger partial charge on any atom is 0.329 e. The third-order valence-electron chi connectivity index (χ3n) is 4.25. The lowest BCUT2D eigenvalue weighted by Gasteiger charge is -2.30. The number of aryl methyl sites for hydroxylation is 1. The number of aliphatic carboxylic acids is 1. The number of carboxylic acids is 1. The van der Waals surface area contributed by atoms with Crippen LogP contribution in [-0.4, -0.2) is 45.2 Å². The molecule has 148 valence electrons. The molecule has 0 saturated heterocycles. The molecule has 0 aliphatic carbocycles. The topological polar surface area (TPSA) is 113 Å². The zero-order valence-corrected chi connectivity index (χ0v) is 15.8. The van der Waals surface area contributed by atoms with Gasteiger partial charge in [0.05, 0.1) is 10.6 Å². The second-order valence-corrected chi connectivity index (χ2v) is 8.13. The van der Waals surface area contributed by atoms with Crippen LogP contribution in [-0.2, 0) is 30.8 Å². The number of hydrogen-bond acceptors (Lipinski definition) is 5. The Kier molecular flexibility index (Phi) is 5.96. The molecule has 0 fully saturated rings. The van der Waals surface area contributed by atoms with Crippen LogP contribution in [0.25, 0.3) is 0 Å². The van der Waals surface area contributed by atoms with Crippen molar-refractivity contribution >= 4 is 33.3 Å². The Labute approximate surface area is 162 Å². The molecule has 1 aliphatic heterocycles. The van der Waals surface area contributed by atoms with Gasteiger partial charge in [0.2, 0.25) is 5.91 Å². The summed E-state index contributed by atoms with van der Waals surface area (Å²) in [6.45, 7) is -0.558. The van der Waals surface area contributed by atoms with E-state index in [2.05, 4.69) is 5.32 Å². The number of hydrogen-bond donors (Lipinski definition) is 2. The molecule has 2 aromatic rings. The highest BCUT2D eigenvalue weighted by Crippen LogP contribution is 2.32. The van der Waals surface area contributed by atoms with Crippen molar-refractivity contribution < 1.29 is 27.9 Å². The Balaban J connectivity index is 1.71. The molecule has 0 bridgehead atoms. The number of carbonyl (C=O) groups is 2. The number of rotatable bonds is 7. The maximum absolute atomic E-state index is 13.1. The van der Waals surface area contributed by atoms with Gasteiger partial charge < -0.3 is 15.2 Å².